The van der Waals surface area contributed by atoms with E-state index in [-0.39, 0.29) is 11.3 Å². The largest absolute Gasteiger partial charge is 0.497 e. The van der Waals surface area contributed by atoms with E-state index in [0.717, 1.165) is 17.0 Å². The quantitative estimate of drug-likeness (QED) is 0.611. The molecular formula is C20H19FN2O4S2. The smallest absolute Gasteiger partial charge is 0.264 e. The lowest BCUT2D eigenvalue weighted by Crippen LogP contribution is -2.26. The van der Waals surface area contributed by atoms with Gasteiger partial charge in [0.2, 0.25) is 0 Å². The normalized spacial score (nSPS) is 11.1. The molecule has 0 fully saturated rings. The predicted molar refractivity (Wildman–Crippen MR) is 110 cm³/mol. The number of nitrogens with one attached hydrogen (secondary N) is 1. The fraction of sp³-hybridized carbons (Fsp3) is 0.150. The van der Waals surface area contributed by atoms with Crippen LogP contribution in [0.4, 0.5) is 10.1 Å². The van der Waals surface area contributed by atoms with Crippen LogP contribution < -0.4 is 9.46 Å². The second-order valence-corrected chi connectivity index (χ2v) is 8.90. The fourth-order valence-corrected chi connectivity index (χ4v) is 4.56. The van der Waals surface area contributed by atoms with Crippen LogP contribution >= 0.6 is 11.3 Å². The molecule has 0 saturated heterocycles. The van der Waals surface area contributed by atoms with Crippen LogP contribution in [0, 0.1) is 5.82 Å². The Kier molecular flexibility index (Phi) is 6.19. The third-order valence-corrected chi connectivity index (χ3v) is 6.39. The molecule has 0 saturated carbocycles. The first-order chi connectivity index (χ1) is 13.8. The van der Waals surface area contributed by atoms with Gasteiger partial charge in [0, 0.05) is 23.2 Å². The van der Waals surface area contributed by atoms with E-state index in [0.29, 0.717) is 12.3 Å². The summed E-state index contributed by atoms with van der Waals surface area (Å²) >= 11 is 1.51. The lowest BCUT2D eigenvalue weighted by atomic mass is 10.2. The number of thiophene rings is 1. The zero-order chi connectivity index (χ0) is 21.0. The summed E-state index contributed by atoms with van der Waals surface area (Å²) in [7, 11) is -1.13. The summed E-state index contributed by atoms with van der Waals surface area (Å²) in [5.74, 6) is -0.789. The van der Waals surface area contributed by atoms with Gasteiger partial charge in [0.15, 0.2) is 0 Å². The topological polar surface area (TPSA) is 75.7 Å². The molecule has 1 N–H and O–H groups in total. The Morgan fingerprint density at radius 3 is 2.52 bits per heavy atom. The Labute approximate surface area is 172 Å². The fourth-order valence-electron chi connectivity index (χ4n) is 2.64. The van der Waals surface area contributed by atoms with E-state index in [2.05, 4.69) is 4.72 Å². The summed E-state index contributed by atoms with van der Waals surface area (Å²) in [6.07, 6.45) is 0. The zero-order valence-corrected chi connectivity index (χ0v) is 17.4. The number of nitrogens with zero attached hydrogens (tertiary/aromatic N) is 1. The molecule has 0 bridgehead atoms. The number of hydrogen-bond acceptors (Lipinski definition) is 5. The summed E-state index contributed by atoms with van der Waals surface area (Å²) in [6, 6.07) is 13.2. The van der Waals surface area contributed by atoms with Crippen molar-refractivity contribution in [3.8, 4) is 5.75 Å². The Bertz CT molecular complexity index is 1100. The Hall–Kier alpha value is -2.91. The molecule has 0 unspecified atom stereocenters. The van der Waals surface area contributed by atoms with Crippen molar-refractivity contribution in [2.24, 2.45) is 0 Å². The minimum atomic E-state index is -4.23. The number of halogens is 1. The average molecular weight is 435 g/mol. The van der Waals surface area contributed by atoms with Gasteiger partial charge in [-0.25, -0.2) is 12.8 Å². The molecule has 2 aromatic carbocycles. The molecule has 29 heavy (non-hydrogen) atoms. The van der Waals surface area contributed by atoms with Crippen molar-refractivity contribution >= 4 is 33.0 Å². The van der Waals surface area contributed by atoms with Crippen molar-refractivity contribution in [3.05, 3.63) is 76.2 Å². The summed E-state index contributed by atoms with van der Waals surface area (Å²) < 4.78 is 47.0. The van der Waals surface area contributed by atoms with Crippen molar-refractivity contribution in [1.29, 1.82) is 0 Å². The highest BCUT2D eigenvalue weighted by Crippen LogP contribution is 2.23. The molecule has 6 nitrogen and oxygen atoms in total. The van der Waals surface area contributed by atoms with Crippen LogP contribution in [0.2, 0.25) is 0 Å². The van der Waals surface area contributed by atoms with Gasteiger partial charge in [0.25, 0.3) is 15.9 Å². The van der Waals surface area contributed by atoms with Gasteiger partial charge in [-0.05, 0) is 53.9 Å². The number of methoxy groups -OCH3 is 1. The lowest BCUT2D eigenvalue weighted by molar-refractivity contribution is 0.0786. The van der Waals surface area contributed by atoms with Crippen LogP contribution in [0.1, 0.15) is 15.2 Å². The molecule has 0 radical (unpaired) electrons. The standard InChI is InChI=1S/C20H19FN2O4S2/c1-23(13-17-4-3-11-28-17)20(24)14-5-10-18(21)19(12-14)29(25,26)22-15-6-8-16(27-2)9-7-15/h3-12,22H,13H2,1-2H3. The number of carbonyl (C=O) groups excluding carboxylic acids is 1. The van der Waals surface area contributed by atoms with E-state index in [9.17, 15) is 17.6 Å². The molecule has 0 aliphatic heterocycles. The van der Waals surface area contributed by atoms with Gasteiger partial charge in [0.1, 0.15) is 16.5 Å². The third kappa shape index (κ3) is 4.93. The van der Waals surface area contributed by atoms with E-state index in [1.807, 2.05) is 17.5 Å². The zero-order valence-electron chi connectivity index (χ0n) is 15.8. The predicted octanol–water partition coefficient (Wildman–Crippen LogP) is 3.97. The van der Waals surface area contributed by atoms with Crippen molar-refractivity contribution in [3.63, 3.8) is 0 Å². The molecule has 0 aliphatic carbocycles. The van der Waals surface area contributed by atoms with Gasteiger partial charge in [0.05, 0.1) is 13.7 Å². The van der Waals surface area contributed by atoms with Gasteiger partial charge in [-0.2, -0.15) is 0 Å². The average Bonchev–Trinajstić information content (AvgIpc) is 3.21. The first-order valence-electron chi connectivity index (χ1n) is 8.54. The number of ether oxygens (including phenoxy) is 1. The number of sulfonamides is 1. The van der Waals surface area contributed by atoms with Gasteiger partial charge < -0.3 is 9.64 Å². The highest BCUT2D eigenvalue weighted by molar-refractivity contribution is 7.92. The van der Waals surface area contributed by atoms with Crippen LogP contribution in [0.15, 0.2) is 64.9 Å². The molecule has 1 amide bonds. The third-order valence-electron chi connectivity index (χ3n) is 4.13. The Morgan fingerprint density at radius 1 is 1.17 bits per heavy atom. The van der Waals surface area contributed by atoms with Crippen LogP contribution in [0.3, 0.4) is 0 Å². The second-order valence-electron chi connectivity index (χ2n) is 6.22. The van der Waals surface area contributed by atoms with Crippen molar-refractivity contribution < 1.29 is 22.3 Å². The number of hydrogen-bond donors (Lipinski definition) is 1. The van der Waals surface area contributed by atoms with Crippen molar-refractivity contribution in [2.75, 3.05) is 18.9 Å². The van der Waals surface area contributed by atoms with Crippen LogP contribution in [0.25, 0.3) is 0 Å². The van der Waals surface area contributed by atoms with E-state index >= 15 is 0 Å². The van der Waals surface area contributed by atoms with Crippen LogP contribution in [-0.4, -0.2) is 33.4 Å². The number of amides is 1. The summed E-state index contributed by atoms with van der Waals surface area (Å²) in [6.45, 7) is 0.375. The van der Waals surface area contributed by atoms with Gasteiger partial charge in [-0.15, -0.1) is 11.3 Å². The molecule has 1 heterocycles. The second kappa shape index (κ2) is 8.62. The van der Waals surface area contributed by atoms with E-state index in [4.69, 9.17) is 4.74 Å². The SMILES string of the molecule is COc1ccc(NS(=O)(=O)c2cc(C(=O)N(C)Cc3cccs3)ccc2F)cc1. The molecule has 3 aromatic rings. The molecule has 152 valence electrons. The summed E-state index contributed by atoms with van der Waals surface area (Å²) in [4.78, 5) is 14.5. The Balaban J connectivity index is 1.84. The number of anilines is 1. The molecule has 0 spiro atoms. The van der Waals surface area contributed by atoms with Gasteiger partial charge in [-0.1, -0.05) is 6.07 Å². The molecule has 1 aromatic heterocycles. The Morgan fingerprint density at radius 2 is 1.90 bits per heavy atom. The van der Waals surface area contributed by atoms with Crippen LogP contribution in [0.5, 0.6) is 5.75 Å². The maximum atomic E-state index is 14.3. The number of benzene rings is 2. The van der Waals surface area contributed by atoms with E-state index in [1.54, 1.807) is 19.2 Å². The maximum absolute atomic E-state index is 14.3. The van der Waals surface area contributed by atoms with Gasteiger partial charge >= 0.3 is 0 Å². The van der Waals surface area contributed by atoms with E-state index < -0.39 is 26.6 Å². The first-order valence-corrected chi connectivity index (χ1v) is 10.9. The van der Waals surface area contributed by atoms with Gasteiger partial charge in [-0.3, -0.25) is 9.52 Å². The number of rotatable bonds is 7. The monoisotopic (exact) mass is 434 g/mol. The minimum Gasteiger partial charge on any atom is -0.497 e. The number of carbonyl (C=O) groups is 1. The highest BCUT2D eigenvalue weighted by Gasteiger charge is 2.23. The van der Waals surface area contributed by atoms with Crippen LogP contribution in [-0.2, 0) is 16.6 Å². The molecule has 9 heteroatoms. The molecule has 0 aliphatic rings. The minimum absolute atomic E-state index is 0.0839. The lowest BCUT2D eigenvalue weighted by Gasteiger charge is -2.17. The van der Waals surface area contributed by atoms with Crippen molar-refractivity contribution in [1.82, 2.24) is 4.90 Å². The molecule has 3 rings (SSSR count). The molecule has 0 atom stereocenters. The maximum Gasteiger partial charge on any atom is 0.264 e. The van der Waals surface area contributed by atoms with Crippen molar-refractivity contribution in [2.45, 2.75) is 11.4 Å². The molecular weight excluding hydrogens is 415 g/mol. The van der Waals surface area contributed by atoms with E-state index in [1.165, 1.54) is 41.5 Å². The first kappa shape index (κ1) is 20.8. The highest BCUT2D eigenvalue weighted by atomic mass is 32.2. The summed E-state index contributed by atoms with van der Waals surface area (Å²) in [5.41, 5.74) is 0.331. The summed E-state index contributed by atoms with van der Waals surface area (Å²) in [5, 5.41) is 1.90.